The fourth-order valence-electron chi connectivity index (χ4n) is 2.26. The molecule has 0 aliphatic heterocycles. The summed E-state index contributed by atoms with van der Waals surface area (Å²) in [7, 11) is 1.76. The Bertz CT molecular complexity index is 158. The van der Waals surface area contributed by atoms with Crippen LogP contribution in [0.5, 0.6) is 0 Å². The molecule has 2 N–H and O–H groups in total. The topological polar surface area (TPSA) is 35.2 Å². The molecule has 0 aromatic carbocycles. The maximum Gasteiger partial charge on any atom is 0.0719 e. The first kappa shape index (κ1) is 14.9. The average Bonchev–Trinajstić information content (AvgIpc) is 2.14. The summed E-state index contributed by atoms with van der Waals surface area (Å²) in [5.41, 5.74) is 6.53. The van der Waals surface area contributed by atoms with Gasteiger partial charge in [-0.3, -0.25) is 0 Å². The fourth-order valence-corrected chi connectivity index (χ4v) is 2.26. The third-order valence-corrected chi connectivity index (χ3v) is 3.46. The van der Waals surface area contributed by atoms with Crippen molar-refractivity contribution in [2.24, 2.45) is 17.1 Å². The van der Waals surface area contributed by atoms with Gasteiger partial charge in [0.2, 0.25) is 0 Å². The summed E-state index contributed by atoms with van der Waals surface area (Å²) in [4.78, 5) is 0. The van der Waals surface area contributed by atoms with Gasteiger partial charge in [0.1, 0.15) is 0 Å². The third kappa shape index (κ3) is 4.98. The lowest BCUT2D eigenvalue weighted by Gasteiger charge is -2.33. The van der Waals surface area contributed by atoms with Crippen LogP contribution < -0.4 is 5.73 Å². The Hall–Kier alpha value is -0.0800. The van der Waals surface area contributed by atoms with E-state index < -0.39 is 0 Å². The summed E-state index contributed by atoms with van der Waals surface area (Å²) in [6.45, 7) is 11.3. The smallest absolute Gasteiger partial charge is 0.0719 e. The highest BCUT2D eigenvalue weighted by Crippen LogP contribution is 2.32. The van der Waals surface area contributed by atoms with Gasteiger partial charge in [0.05, 0.1) is 6.10 Å². The van der Waals surface area contributed by atoms with Crippen molar-refractivity contribution in [3.63, 3.8) is 0 Å². The summed E-state index contributed by atoms with van der Waals surface area (Å²) in [6, 6.07) is 0.171. The second-order valence-corrected chi connectivity index (χ2v) is 5.55. The van der Waals surface area contributed by atoms with Gasteiger partial charge in [-0.2, -0.15) is 0 Å². The van der Waals surface area contributed by atoms with Crippen molar-refractivity contribution in [2.45, 2.75) is 66.0 Å². The first-order valence-electron chi connectivity index (χ1n) is 6.15. The van der Waals surface area contributed by atoms with Crippen LogP contribution in [0.2, 0.25) is 0 Å². The maximum atomic E-state index is 6.19. The zero-order valence-electron chi connectivity index (χ0n) is 11.3. The number of rotatable bonds is 6. The van der Waals surface area contributed by atoms with E-state index in [1.54, 1.807) is 7.11 Å². The lowest BCUT2D eigenvalue weighted by atomic mass is 9.75. The van der Waals surface area contributed by atoms with Crippen LogP contribution in [0.1, 0.15) is 53.9 Å². The van der Waals surface area contributed by atoms with E-state index in [2.05, 4.69) is 34.6 Å². The number of ether oxygens (including phenoxy) is 1. The predicted octanol–water partition coefficient (Wildman–Crippen LogP) is 3.20. The van der Waals surface area contributed by atoms with Crippen molar-refractivity contribution in [2.75, 3.05) is 7.11 Å². The molecule has 2 heteroatoms. The normalized spacial score (nSPS) is 18.6. The number of hydrogen-bond acceptors (Lipinski definition) is 2. The molecule has 2 nitrogen and oxygen atoms in total. The Kier molecular flexibility index (Phi) is 6.46. The van der Waals surface area contributed by atoms with Crippen LogP contribution in [-0.4, -0.2) is 19.3 Å². The summed E-state index contributed by atoms with van der Waals surface area (Å²) in [5.74, 6) is 0.677. The molecule has 15 heavy (non-hydrogen) atoms. The highest BCUT2D eigenvalue weighted by Gasteiger charge is 2.27. The molecule has 0 rings (SSSR count). The Morgan fingerprint density at radius 1 is 1.13 bits per heavy atom. The van der Waals surface area contributed by atoms with Crippen molar-refractivity contribution in [1.82, 2.24) is 0 Å². The van der Waals surface area contributed by atoms with Crippen molar-refractivity contribution < 1.29 is 4.74 Å². The first-order valence-corrected chi connectivity index (χ1v) is 6.15. The second-order valence-electron chi connectivity index (χ2n) is 5.55. The third-order valence-electron chi connectivity index (χ3n) is 3.46. The van der Waals surface area contributed by atoms with E-state index in [9.17, 15) is 0 Å². The van der Waals surface area contributed by atoms with Crippen molar-refractivity contribution in [1.29, 1.82) is 0 Å². The van der Waals surface area contributed by atoms with Crippen LogP contribution in [0.4, 0.5) is 0 Å². The van der Waals surface area contributed by atoms with Gasteiger partial charge in [-0.1, -0.05) is 41.0 Å². The zero-order valence-corrected chi connectivity index (χ0v) is 11.3. The molecule has 0 aromatic heterocycles. The van der Waals surface area contributed by atoms with E-state index in [1.807, 2.05) is 0 Å². The highest BCUT2D eigenvalue weighted by molar-refractivity contribution is 4.81. The summed E-state index contributed by atoms with van der Waals surface area (Å²) >= 11 is 0. The molecule has 0 spiro atoms. The Morgan fingerprint density at radius 2 is 1.67 bits per heavy atom. The van der Waals surface area contributed by atoms with Crippen LogP contribution in [0.15, 0.2) is 0 Å². The molecule has 0 aromatic rings. The average molecular weight is 215 g/mol. The van der Waals surface area contributed by atoms with Gasteiger partial charge in [-0.25, -0.2) is 0 Å². The predicted molar refractivity (Wildman–Crippen MR) is 66.9 cm³/mol. The van der Waals surface area contributed by atoms with Gasteiger partial charge >= 0.3 is 0 Å². The second kappa shape index (κ2) is 6.49. The van der Waals surface area contributed by atoms with E-state index in [0.29, 0.717) is 11.3 Å². The minimum atomic E-state index is 0.171. The molecule has 0 saturated heterocycles. The molecule has 0 aliphatic carbocycles. The minimum Gasteiger partial charge on any atom is -0.380 e. The van der Waals surface area contributed by atoms with Gasteiger partial charge in [-0.15, -0.1) is 0 Å². The van der Waals surface area contributed by atoms with Crippen LogP contribution in [0.25, 0.3) is 0 Å². The van der Waals surface area contributed by atoms with E-state index in [4.69, 9.17) is 10.5 Å². The summed E-state index contributed by atoms with van der Waals surface area (Å²) in [5, 5.41) is 0. The fraction of sp³-hybridized carbons (Fsp3) is 1.00. The SMILES string of the molecule is CCC(OC)[C@@H](N)C[C@H](CC)C(C)(C)C. The molecule has 0 amide bonds. The molecule has 0 heterocycles. The van der Waals surface area contributed by atoms with Crippen molar-refractivity contribution in [3.05, 3.63) is 0 Å². The van der Waals surface area contributed by atoms with Crippen molar-refractivity contribution in [3.8, 4) is 0 Å². The number of nitrogens with two attached hydrogens (primary N) is 1. The van der Waals surface area contributed by atoms with Crippen molar-refractivity contribution >= 4 is 0 Å². The molecular formula is C13H29NO. The van der Waals surface area contributed by atoms with Gasteiger partial charge in [-0.05, 0) is 24.2 Å². The van der Waals surface area contributed by atoms with Crippen LogP contribution in [0.3, 0.4) is 0 Å². The molecule has 92 valence electrons. The standard InChI is InChI=1S/C13H29NO/c1-7-10(13(3,4)5)9-11(14)12(8-2)15-6/h10-12H,7-9,14H2,1-6H3/t10-,11-,12?/m0/s1. The molecule has 0 radical (unpaired) electrons. The number of methoxy groups -OCH3 is 1. The molecule has 0 bridgehead atoms. The van der Waals surface area contributed by atoms with Crippen LogP contribution in [0, 0.1) is 11.3 Å². The lowest BCUT2D eigenvalue weighted by molar-refractivity contribution is 0.0599. The zero-order chi connectivity index (χ0) is 12.1. The van der Waals surface area contributed by atoms with Gasteiger partial charge < -0.3 is 10.5 Å². The highest BCUT2D eigenvalue weighted by atomic mass is 16.5. The molecule has 3 atom stereocenters. The number of hydrogen-bond donors (Lipinski definition) is 1. The molecule has 0 saturated carbocycles. The summed E-state index contributed by atoms with van der Waals surface area (Å²) < 4.78 is 5.39. The van der Waals surface area contributed by atoms with Crippen LogP contribution in [-0.2, 0) is 4.74 Å². The monoisotopic (exact) mass is 215 g/mol. The molecule has 0 fully saturated rings. The van der Waals surface area contributed by atoms with E-state index >= 15 is 0 Å². The Morgan fingerprint density at radius 3 is 1.93 bits per heavy atom. The Balaban J connectivity index is 4.29. The molecule has 1 unspecified atom stereocenters. The van der Waals surface area contributed by atoms with Gasteiger partial charge in [0.25, 0.3) is 0 Å². The quantitative estimate of drug-likeness (QED) is 0.738. The van der Waals surface area contributed by atoms with E-state index in [1.165, 1.54) is 6.42 Å². The van der Waals surface area contributed by atoms with Gasteiger partial charge in [0.15, 0.2) is 0 Å². The van der Waals surface area contributed by atoms with E-state index in [-0.39, 0.29) is 12.1 Å². The van der Waals surface area contributed by atoms with Gasteiger partial charge in [0, 0.05) is 13.2 Å². The first-order chi connectivity index (χ1) is 6.86. The maximum absolute atomic E-state index is 6.19. The largest absolute Gasteiger partial charge is 0.380 e. The summed E-state index contributed by atoms with van der Waals surface area (Å²) in [6.07, 6.45) is 3.46. The lowest BCUT2D eigenvalue weighted by Crippen LogP contribution is -2.39. The molecular weight excluding hydrogens is 186 g/mol. The van der Waals surface area contributed by atoms with E-state index in [0.717, 1.165) is 12.8 Å². The minimum absolute atomic E-state index is 0.171. The Labute approximate surface area is 95.6 Å². The van der Waals surface area contributed by atoms with Crippen LogP contribution >= 0.6 is 0 Å². The molecule has 0 aliphatic rings.